The van der Waals surface area contributed by atoms with E-state index in [9.17, 15) is 19.8 Å². The molecule has 0 saturated carbocycles. The van der Waals surface area contributed by atoms with Crippen molar-refractivity contribution >= 4 is 11.6 Å². The Morgan fingerprint density at radius 3 is 1.78 bits per heavy atom. The van der Waals surface area contributed by atoms with Gasteiger partial charge in [-0.1, -0.05) is 66.3 Å². The molecule has 2 N–H and O–H groups in total. The summed E-state index contributed by atoms with van der Waals surface area (Å²) < 4.78 is 0. The third-order valence-electron chi connectivity index (χ3n) is 5.35. The second kappa shape index (κ2) is 11.5. The van der Waals surface area contributed by atoms with Gasteiger partial charge in [-0.25, -0.2) is 0 Å². The number of aliphatic hydroxyl groups excluding tert-OH is 2. The Hall–Kier alpha value is -3.14. The van der Waals surface area contributed by atoms with Crippen molar-refractivity contribution in [2.45, 2.75) is 60.8 Å². The van der Waals surface area contributed by atoms with E-state index in [4.69, 9.17) is 0 Å². The SMILES string of the molecule is C=C/C=C(C=C)/C(O)=C1\C(=O)C(CC=C(C)C)(CC=C(C)C)C(=O)C(CC=C(C)C)=C1O. The molecule has 0 unspecified atom stereocenters. The number of allylic oxidation sites excluding steroid dienone is 11. The minimum Gasteiger partial charge on any atom is -0.507 e. The molecular formula is C28H36O4. The first-order chi connectivity index (χ1) is 14.9. The van der Waals surface area contributed by atoms with Crippen molar-refractivity contribution < 1.29 is 19.8 Å². The average molecular weight is 437 g/mol. The standard InChI is InChI=1S/C28H36O4/c1-9-11-21(10-2)24(29)23-25(30)22(13-12-18(3)4)26(31)28(27(23)32,16-14-19(5)6)17-15-20(7)8/h9-12,14-15,29-30H,1-2,13,16-17H2,3-8H3/b21-11+,24-23+. The van der Waals surface area contributed by atoms with Crippen LogP contribution in [0.15, 0.2) is 94.6 Å². The highest BCUT2D eigenvalue weighted by Crippen LogP contribution is 2.45. The van der Waals surface area contributed by atoms with Gasteiger partial charge in [0.15, 0.2) is 11.6 Å². The third kappa shape index (κ3) is 5.97. The fraction of sp³-hybridized carbons (Fsp3) is 0.357. The number of Topliss-reactive ketones (excluding diaryl/α,β-unsaturated/α-hetero) is 2. The summed E-state index contributed by atoms with van der Waals surface area (Å²) in [6.07, 6.45) is 10.4. The molecule has 0 spiro atoms. The van der Waals surface area contributed by atoms with Gasteiger partial charge in [0.2, 0.25) is 0 Å². The molecule has 1 rings (SSSR count). The van der Waals surface area contributed by atoms with Crippen LogP contribution in [-0.2, 0) is 9.59 Å². The van der Waals surface area contributed by atoms with E-state index in [1.807, 2.05) is 59.8 Å². The number of aliphatic hydroxyl groups is 2. The summed E-state index contributed by atoms with van der Waals surface area (Å²) in [4.78, 5) is 27.6. The van der Waals surface area contributed by atoms with Crippen molar-refractivity contribution in [3.05, 3.63) is 94.6 Å². The van der Waals surface area contributed by atoms with Crippen LogP contribution < -0.4 is 0 Å². The Bertz CT molecular complexity index is 958. The van der Waals surface area contributed by atoms with Gasteiger partial charge in [-0.05, 0) is 60.8 Å². The lowest BCUT2D eigenvalue weighted by atomic mass is 9.64. The number of rotatable bonds is 9. The van der Waals surface area contributed by atoms with Gasteiger partial charge in [-0.3, -0.25) is 9.59 Å². The molecule has 172 valence electrons. The lowest BCUT2D eigenvalue weighted by Gasteiger charge is -2.35. The van der Waals surface area contributed by atoms with E-state index in [-0.39, 0.29) is 36.0 Å². The predicted molar refractivity (Wildman–Crippen MR) is 132 cm³/mol. The van der Waals surface area contributed by atoms with Crippen LogP contribution in [0.2, 0.25) is 0 Å². The van der Waals surface area contributed by atoms with Crippen molar-refractivity contribution in [3.8, 4) is 0 Å². The largest absolute Gasteiger partial charge is 0.507 e. The summed E-state index contributed by atoms with van der Waals surface area (Å²) in [5.74, 6) is -1.89. The summed E-state index contributed by atoms with van der Waals surface area (Å²) in [6.45, 7) is 18.7. The van der Waals surface area contributed by atoms with E-state index >= 15 is 0 Å². The normalized spacial score (nSPS) is 17.5. The smallest absolute Gasteiger partial charge is 0.184 e. The Morgan fingerprint density at radius 2 is 1.38 bits per heavy atom. The highest BCUT2D eigenvalue weighted by molar-refractivity contribution is 6.25. The van der Waals surface area contributed by atoms with Gasteiger partial charge >= 0.3 is 0 Å². The zero-order chi connectivity index (χ0) is 24.6. The molecule has 0 fully saturated rings. The van der Waals surface area contributed by atoms with E-state index in [2.05, 4.69) is 13.2 Å². The van der Waals surface area contributed by atoms with E-state index in [0.717, 1.165) is 16.7 Å². The van der Waals surface area contributed by atoms with E-state index in [1.165, 1.54) is 18.2 Å². The third-order valence-corrected chi connectivity index (χ3v) is 5.35. The lowest BCUT2D eigenvalue weighted by molar-refractivity contribution is -0.137. The second-order valence-corrected chi connectivity index (χ2v) is 8.81. The molecule has 32 heavy (non-hydrogen) atoms. The van der Waals surface area contributed by atoms with Crippen LogP contribution in [0.3, 0.4) is 0 Å². The molecule has 4 heteroatoms. The highest BCUT2D eigenvalue weighted by Gasteiger charge is 2.52. The maximum absolute atomic E-state index is 13.8. The Balaban J connectivity index is 4.05. The summed E-state index contributed by atoms with van der Waals surface area (Å²) in [5, 5.41) is 22.0. The molecule has 0 aliphatic heterocycles. The summed E-state index contributed by atoms with van der Waals surface area (Å²) in [5.41, 5.74) is 1.58. The fourth-order valence-electron chi connectivity index (χ4n) is 3.44. The van der Waals surface area contributed by atoms with E-state index < -0.39 is 28.5 Å². The zero-order valence-corrected chi connectivity index (χ0v) is 20.2. The minimum absolute atomic E-state index is 0.124. The van der Waals surface area contributed by atoms with Crippen LogP contribution in [0, 0.1) is 5.41 Å². The van der Waals surface area contributed by atoms with Crippen molar-refractivity contribution in [3.63, 3.8) is 0 Å². The van der Waals surface area contributed by atoms with Gasteiger partial charge in [0.25, 0.3) is 0 Å². The molecule has 0 aromatic heterocycles. The molecule has 0 atom stereocenters. The molecule has 0 radical (unpaired) electrons. The second-order valence-electron chi connectivity index (χ2n) is 8.81. The molecule has 0 heterocycles. The Kier molecular flexibility index (Phi) is 9.64. The lowest BCUT2D eigenvalue weighted by Crippen LogP contribution is -2.45. The fourth-order valence-corrected chi connectivity index (χ4v) is 3.44. The molecule has 1 aliphatic carbocycles. The van der Waals surface area contributed by atoms with Gasteiger partial charge < -0.3 is 10.2 Å². The summed E-state index contributed by atoms with van der Waals surface area (Å²) in [6, 6.07) is 0. The van der Waals surface area contributed by atoms with Crippen LogP contribution >= 0.6 is 0 Å². The maximum atomic E-state index is 13.8. The van der Waals surface area contributed by atoms with Crippen LogP contribution in [0.25, 0.3) is 0 Å². The van der Waals surface area contributed by atoms with Gasteiger partial charge in [0.1, 0.15) is 22.5 Å². The van der Waals surface area contributed by atoms with Crippen LogP contribution in [0.4, 0.5) is 0 Å². The Labute approximate surface area is 192 Å². The first-order valence-corrected chi connectivity index (χ1v) is 10.7. The monoisotopic (exact) mass is 436 g/mol. The number of hydrogen-bond acceptors (Lipinski definition) is 4. The first kappa shape index (κ1) is 26.9. The van der Waals surface area contributed by atoms with E-state index in [1.54, 1.807) is 0 Å². The van der Waals surface area contributed by atoms with Gasteiger partial charge in [0.05, 0.1) is 0 Å². The van der Waals surface area contributed by atoms with Crippen molar-refractivity contribution in [2.75, 3.05) is 0 Å². The quantitative estimate of drug-likeness (QED) is 0.133. The van der Waals surface area contributed by atoms with Crippen LogP contribution in [0.5, 0.6) is 0 Å². The topological polar surface area (TPSA) is 74.6 Å². The number of carbonyl (C=O) groups excluding carboxylic acids is 2. The van der Waals surface area contributed by atoms with Crippen LogP contribution in [-0.4, -0.2) is 21.8 Å². The van der Waals surface area contributed by atoms with Crippen molar-refractivity contribution in [2.24, 2.45) is 5.41 Å². The predicted octanol–water partition coefficient (Wildman–Crippen LogP) is 7.12. The minimum atomic E-state index is -1.45. The molecule has 1 aliphatic rings. The van der Waals surface area contributed by atoms with Crippen molar-refractivity contribution in [1.29, 1.82) is 0 Å². The molecule has 0 aromatic carbocycles. The van der Waals surface area contributed by atoms with Gasteiger partial charge in [0, 0.05) is 11.1 Å². The molecule has 0 bridgehead atoms. The van der Waals surface area contributed by atoms with Crippen molar-refractivity contribution in [1.82, 2.24) is 0 Å². The molecule has 4 nitrogen and oxygen atoms in total. The Morgan fingerprint density at radius 1 is 0.875 bits per heavy atom. The summed E-state index contributed by atoms with van der Waals surface area (Å²) >= 11 is 0. The van der Waals surface area contributed by atoms with E-state index in [0.29, 0.717) is 0 Å². The molecule has 0 saturated heterocycles. The summed E-state index contributed by atoms with van der Waals surface area (Å²) in [7, 11) is 0. The first-order valence-electron chi connectivity index (χ1n) is 10.7. The average Bonchev–Trinajstić information content (AvgIpc) is 2.71. The molecule has 0 aromatic rings. The van der Waals surface area contributed by atoms with Crippen LogP contribution in [0.1, 0.15) is 60.8 Å². The highest BCUT2D eigenvalue weighted by atomic mass is 16.3. The molecule has 0 amide bonds. The molecular weight excluding hydrogens is 400 g/mol. The number of hydrogen-bond donors (Lipinski definition) is 2. The number of ketones is 2. The maximum Gasteiger partial charge on any atom is 0.184 e. The van der Waals surface area contributed by atoms with Gasteiger partial charge in [-0.15, -0.1) is 0 Å². The zero-order valence-electron chi connectivity index (χ0n) is 20.2. The number of carbonyl (C=O) groups is 2. The van der Waals surface area contributed by atoms with Gasteiger partial charge in [-0.2, -0.15) is 0 Å².